The summed E-state index contributed by atoms with van der Waals surface area (Å²) in [5.74, 6) is 3.99. The fourth-order valence-corrected chi connectivity index (χ4v) is 6.15. The molecule has 4 heteroatoms. The molecule has 0 unspecified atom stereocenters. The number of aryl methyl sites for hydroxylation is 1. The molecule has 0 saturated heterocycles. The van der Waals surface area contributed by atoms with Gasteiger partial charge in [0.15, 0.2) is 5.82 Å². The van der Waals surface area contributed by atoms with Crippen LogP contribution in [0.5, 0.6) is 5.75 Å². The number of nitrogens with zero attached hydrogens (tertiary/aromatic N) is 2. The van der Waals surface area contributed by atoms with Crippen molar-refractivity contribution in [3.63, 3.8) is 0 Å². The molecule has 0 radical (unpaired) electrons. The fraction of sp³-hybridized carbons (Fsp3) is 0.645. The van der Waals surface area contributed by atoms with E-state index >= 15 is 0 Å². The Kier molecular flexibility index (Phi) is 9.74. The van der Waals surface area contributed by atoms with Crippen LogP contribution in [0.25, 0.3) is 11.4 Å². The van der Waals surface area contributed by atoms with Crippen molar-refractivity contribution in [2.45, 2.75) is 104 Å². The molecule has 2 aliphatic carbocycles. The third kappa shape index (κ3) is 7.38. The van der Waals surface area contributed by atoms with Crippen molar-refractivity contribution >= 4 is 5.97 Å². The van der Waals surface area contributed by atoms with Gasteiger partial charge in [-0.15, -0.1) is 0 Å². The average Bonchev–Trinajstić information content (AvgIpc) is 2.92. The first-order valence-corrected chi connectivity index (χ1v) is 14.3. The number of rotatable bonds is 10. The van der Waals surface area contributed by atoms with Crippen LogP contribution in [0.15, 0.2) is 36.7 Å². The summed E-state index contributed by atoms with van der Waals surface area (Å²) in [5.41, 5.74) is 2.12. The molecule has 0 N–H and O–H groups in total. The number of unbranched alkanes of at least 4 members (excludes halogenated alkanes) is 2. The zero-order chi connectivity index (χ0) is 24.5. The Hall–Kier alpha value is -2.23. The highest BCUT2D eigenvalue weighted by atomic mass is 16.5. The van der Waals surface area contributed by atoms with E-state index in [1.165, 1.54) is 69.8 Å². The van der Waals surface area contributed by atoms with Crippen LogP contribution in [-0.2, 0) is 11.2 Å². The molecule has 0 spiro atoms. The predicted octanol–water partition coefficient (Wildman–Crippen LogP) is 8.19. The highest BCUT2D eigenvalue weighted by Gasteiger charge is 2.33. The van der Waals surface area contributed by atoms with Gasteiger partial charge in [0.1, 0.15) is 5.75 Å². The van der Waals surface area contributed by atoms with Gasteiger partial charge in [0.25, 0.3) is 0 Å². The van der Waals surface area contributed by atoms with Crippen molar-refractivity contribution < 1.29 is 9.53 Å². The maximum atomic E-state index is 12.8. The second-order valence-corrected chi connectivity index (χ2v) is 11.0. The Morgan fingerprint density at radius 3 is 2.03 bits per heavy atom. The Labute approximate surface area is 212 Å². The zero-order valence-electron chi connectivity index (χ0n) is 21.9. The summed E-state index contributed by atoms with van der Waals surface area (Å²) < 4.78 is 5.76. The SMILES string of the molecule is CCCCc1cnc(-c2ccc(OC(=O)C3CCC(C4CCC(CCCC)CC4)CC3)cc2)nc1. The number of hydrogen-bond acceptors (Lipinski definition) is 4. The number of ether oxygens (including phenoxy) is 1. The predicted molar refractivity (Wildman–Crippen MR) is 142 cm³/mol. The third-order valence-electron chi connectivity index (χ3n) is 8.48. The van der Waals surface area contributed by atoms with Crippen molar-refractivity contribution in [3.05, 3.63) is 42.2 Å². The van der Waals surface area contributed by atoms with Gasteiger partial charge in [-0.05, 0) is 98.9 Å². The molecule has 2 fully saturated rings. The molecule has 0 amide bonds. The van der Waals surface area contributed by atoms with E-state index in [1.54, 1.807) is 0 Å². The van der Waals surface area contributed by atoms with Crippen LogP contribution in [0.1, 0.15) is 103 Å². The Morgan fingerprint density at radius 1 is 0.829 bits per heavy atom. The van der Waals surface area contributed by atoms with Gasteiger partial charge in [-0.2, -0.15) is 0 Å². The standard InChI is InChI=1S/C31H44N2O2/c1-3-5-7-23-9-11-25(12-10-23)26-13-15-28(16-14-26)31(34)35-29-19-17-27(18-20-29)30-32-21-24(22-33-30)8-6-4-2/h17-23,25-26,28H,3-16H2,1-2H3. The second-order valence-electron chi connectivity index (χ2n) is 11.0. The summed E-state index contributed by atoms with van der Waals surface area (Å²) in [5, 5.41) is 0. The molecular weight excluding hydrogens is 432 g/mol. The number of hydrogen-bond donors (Lipinski definition) is 0. The summed E-state index contributed by atoms with van der Waals surface area (Å²) in [6, 6.07) is 7.61. The van der Waals surface area contributed by atoms with Crippen molar-refractivity contribution in [1.82, 2.24) is 9.97 Å². The maximum Gasteiger partial charge on any atom is 0.314 e. The van der Waals surface area contributed by atoms with E-state index in [2.05, 4.69) is 23.8 Å². The summed E-state index contributed by atoms with van der Waals surface area (Å²) in [4.78, 5) is 21.8. The minimum atomic E-state index is -0.0593. The van der Waals surface area contributed by atoms with E-state index in [-0.39, 0.29) is 11.9 Å². The number of carbonyl (C=O) groups excluding carboxylic acids is 1. The lowest BCUT2D eigenvalue weighted by Crippen LogP contribution is -2.30. The molecule has 190 valence electrons. The first-order valence-electron chi connectivity index (χ1n) is 14.3. The monoisotopic (exact) mass is 476 g/mol. The number of esters is 1. The van der Waals surface area contributed by atoms with Crippen LogP contribution in [0.3, 0.4) is 0 Å². The second kappa shape index (κ2) is 13.2. The highest BCUT2D eigenvalue weighted by molar-refractivity contribution is 5.75. The van der Waals surface area contributed by atoms with Gasteiger partial charge in [-0.1, -0.05) is 52.4 Å². The molecule has 1 heterocycles. The molecule has 0 bridgehead atoms. The fourth-order valence-electron chi connectivity index (χ4n) is 6.15. The number of carbonyl (C=O) groups is 1. The van der Waals surface area contributed by atoms with E-state index in [4.69, 9.17) is 4.74 Å². The molecule has 1 aromatic heterocycles. The molecule has 1 aromatic carbocycles. The first-order chi connectivity index (χ1) is 17.2. The lowest BCUT2D eigenvalue weighted by molar-refractivity contribution is -0.140. The van der Waals surface area contributed by atoms with E-state index in [1.807, 2.05) is 36.7 Å². The zero-order valence-corrected chi connectivity index (χ0v) is 21.9. The van der Waals surface area contributed by atoms with Gasteiger partial charge in [-0.3, -0.25) is 4.79 Å². The summed E-state index contributed by atoms with van der Waals surface area (Å²) in [6.45, 7) is 4.49. The lowest BCUT2D eigenvalue weighted by Gasteiger charge is -2.37. The van der Waals surface area contributed by atoms with Gasteiger partial charge in [-0.25, -0.2) is 9.97 Å². The molecule has 0 atom stereocenters. The molecule has 4 nitrogen and oxygen atoms in total. The van der Waals surface area contributed by atoms with E-state index in [0.717, 1.165) is 49.0 Å². The lowest BCUT2D eigenvalue weighted by atomic mass is 9.68. The minimum absolute atomic E-state index is 0.0471. The molecule has 35 heavy (non-hydrogen) atoms. The molecule has 2 aromatic rings. The smallest absolute Gasteiger partial charge is 0.314 e. The Morgan fingerprint density at radius 2 is 1.43 bits per heavy atom. The van der Waals surface area contributed by atoms with Gasteiger partial charge in [0.05, 0.1) is 5.92 Å². The van der Waals surface area contributed by atoms with Gasteiger partial charge >= 0.3 is 5.97 Å². The largest absolute Gasteiger partial charge is 0.426 e. The topological polar surface area (TPSA) is 52.1 Å². The molecule has 4 rings (SSSR count). The van der Waals surface area contributed by atoms with Crippen molar-refractivity contribution in [1.29, 1.82) is 0 Å². The molecule has 2 aliphatic rings. The van der Waals surface area contributed by atoms with E-state index < -0.39 is 0 Å². The summed E-state index contributed by atoms with van der Waals surface area (Å²) in [6.07, 6.45) is 21.3. The highest BCUT2D eigenvalue weighted by Crippen LogP contribution is 2.42. The van der Waals surface area contributed by atoms with Crippen LogP contribution in [0.4, 0.5) is 0 Å². The normalized spacial score (nSPS) is 24.7. The number of benzene rings is 1. The maximum absolute atomic E-state index is 12.8. The van der Waals surface area contributed by atoms with E-state index in [9.17, 15) is 4.79 Å². The van der Waals surface area contributed by atoms with Crippen molar-refractivity contribution in [2.24, 2.45) is 23.7 Å². The Balaban J connectivity index is 1.21. The van der Waals surface area contributed by atoms with E-state index in [0.29, 0.717) is 11.6 Å². The average molecular weight is 477 g/mol. The minimum Gasteiger partial charge on any atom is -0.426 e. The van der Waals surface area contributed by atoms with Crippen LogP contribution >= 0.6 is 0 Å². The van der Waals surface area contributed by atoms with Gasteiger partial charge < -0.3 is 4.74 Å². The first kappa shape index (κ1) is 25.9. The van der Waals surface area contributed by atoms with Crippen LogP contribution in [-0.4, -0.2) is 15.9 Å². The summed E-state index contributed by atoms with van der Waals surface area (Å²) >= 11 is 0. The van der Waals surface area contributed by atoms with Crippen LogP contribution < -0.4 is 4.74 Å². The van der Waals surface area contributed by atoms with Crippen LogP contribution in [0.2, 0.25) is 0 Å². The summed E-state index contributed by atoms with van der Waals surface area (Å²) in [7, 11) is 0. The van der Waals surface area contributed by atoms with Crippen molar-refractivity contribution in [2.75, 3.05) is 0 Å². The molecule has 0 aliphatic heterocycles. The van der Waals surface area contributed by atoms with Crippen LogP contribution in [0, 0.1) is 23.7 Å². The molecular formula is C31H44N2O2. The third-order valence-corrected chi connectivity index (χ3v) is 8.48. The Bertz CT molecular complexity index is 893. The quantitative estimate of drug-likeness (QED) is 0.256. The van der Waals surface area contributed by atoms with Gasteiger partial charge in [0, 0.05) is 18.0 Å². The van der Waals surface area contributed by atoms with Gasteiger partial charge in [0.2, 0.25) is 0 Å². The van der Waals surface area contributed by atoms with Crippen molar-refractivity contribution in [3.8, 4) is 17.1 Å². The number of aromatic nitrogens is 2. The molecule has 2 saturated carbocycles.